The van der Waals surface area contributed by atoms with Crippen LogP contribution in [0.3, 0.4) is 0 Å². The van der Waals surface area contributed by atoms with Crippen LogP contribution >= 0.6 is 0 Å². The van der Waals surface area contributed by atoms with Crippen molar-refractivity contribution in [1.29, 1.82) is 0 Å². The van der Waals surface area contributed by atoms with Gasteiger partial charge in [0.05, 0.1) is 19.1 Å². The molecule has 0 aromatic heterocycles. The van der Waals surface area contributed by atoms with Crippen molar-refractivity contribution in [2.75, 3.05) is 13.1 Å². The second kappa shape index (κ2) is 4.17. The molecule has 1 heterocycles. The Morgan fingerprint density at radius 2 is 2.21 bits per heavy atom. The molecule has 0 spiro atoms. The maximum Gasteiger partial charge on any atom is 0.408 e. The highest BCUT2D eigenvalue weighted by Gasteiger charge is 2.24. The highest BCUT2D eigenvalue weighted by atomic mass is 16.6. The van der Waals surface area contributed by atoms with Crippen LogP contribution in [0.1, 0.15) is 27.2 Å². The maximum atomic E-state index is 11.4. The molecule has 1 unspecified atom stereocenters. The van der Waals surface area contributed by atoms with Gasteiger partial charge >= 0.3 is 6.09 Å². The minimum atomic E-state index is -0.417. The Hall–Kier alpha value is -0.770. The van der Waals surface area contributed by atoms with Gasteiger partial charge in [0.15, 0.2) is 0 Å². The number of carbonyl (C=O) groups is 1. The molecule has 14 heavy (non-hydrogen) atoms. The number of amides is 1. The second-order valence-corrected chi connectivity index (χ2v) is 4.84. The number of quaternary nitrogens is 1. The third-order valence-corrected chi connectivity index (χ3v) is 2.10. The maximum absolute atomic E-state index is 11.4. The van der Waals surface area contributed by atoms with Gasteiger partial charge in [-0.3, -0.25) is 0 Å². The van der Waals surface area contributed by atoms with E-state index in [9.17, 15) is 4.79 Å². The molecule has 0 bridgehead atoms. The summed E-state index contributed by atoms with van der Waals surface area (Å²) in [5.74, 6) is 0. The molecule has 2 atom stereocenters. The molecule has 0 aliphatic carbocycles. The van der Waals surface area contributed by atoms with Crippen molar-refractivity contribution in [1.82, 2.24) is 5.32 Å². The van der Waals surface area contributed by atoms with E-state index in [-0.39, 0.29) is 12.1 Å². The van der Waals surface area contributed by atoms with E-state index < -0.39 is 5.60 Å². The molecular weight excluding hydrogens is 180 g/mol. The summed E-state index contributed by atoms with van der Waals surface area (Å²) in [6.45, 7) is 7.49. The normalized spacial score (nSPS) is 27.4. The lowest BCUT2D eigenvalue weighted by atomic mass is 10.2. The number of rotatable bonds is 1. The van der Waals surface area contributed by atoms with Gasteiger partial charge in [0.25, 0.3) is 0 Å². The summed E-state index contributed by atoms with van der Waals surface area (Å²) in [4.78, 5) is 12.6. The lowest BCUT2D eigenvalue weighted by Crippen LogP contribution is -3.05. The van der Waals surface area contributed by atoms with Crippen LogP contribution < -0.4 is 10.2 Å². The van der Waals surface area contributed by atoms with E-state index in [4.69, 9.17) is 4.74 Å². The molecule has 0 saturated carbocycles. The first-order valence-electron chi connectivity index (χ1n) is 5.03. The summed E-state index contributed by atoms with van der Waals surface area (Å²) in [7, 11) is 3.89. The summed E-state index contributed by atoms with van der Waals surface area (Å²) >= 11 is 0. The molecule has 2 N–H and O–H groups in total. The quantitative estimate of drug-likeness (QED) is 0.583. The molecule has 4 heteroatoms. The van der Waals surface area contributed by atoms with Crippen molar-refractivity contribution >= 4 is 6.09 Å². The predicted octanol–water partition coefficient (Wildman–Crippen LogP) is -0.0401. The largest absolute Gasteiger partial charge is 0.466 e. The van der Waals surface area contributed by atoms with Crippen molar-refractivity contribution in [2.24, 2.45) is 0 Å². The first-order chi connectivity index (χ1) is 6.37. The molecule has 1 rings (SSSR count). The fourth-order valence-electron chi connectivity index (χ4n) is 1.53. The fraction of sp³-hybridized carbons (Fsp3) is 0.800. The van der Waals surface area contributed by atoms with Crippen molar-refractivity contribution < 1.29 is 14.4 Å². The standard InChI is InChI=1S/C10H20N2O2/c1-10(2,3)14-9(13)11-8-5-6-12(4)7-8/h8,12H,4-7H2,1-3H3,(H,11,13)/t8-/m1/s1. The Bertz CT molecular complexity index is 211. The van der Waals surface area contributed by atoms with Gasteiger partial charge < -0.3 is 15.0 Å². The van der Waals surface area contributed by atoms with E-state index in [0.29, 0.717) is 0 Å². The number of hydrogen-bond acceptors (Lipinski definition) is 2. The molecule has 1 amide bonds. The highest BCUT2D eigenvalue weighted by Crippen LogP contribution is 2.07. The van der Waals surface area contributed by atoms with Crippen molar-refractivity contribution in [3.8, 4) is 0 Å². The van der Waals surface area contributed by atoms with Gasteiger partial charge in [-0.05, 0) is 20.8 Å². The van der Waals surface area contributed by atoms with Crippen molar-refractivity contribution in [2.45, 2.75) is 38.8 Å². The Morgan fingerprint density at radius 1 is 1.57 bits per heavy atom. The smallest absolute Gasteiger partial charge is 0.408 e. The van der Waals surface area contributed by atoms with Crippen molar-refractivity contribution in [3.63, 3.8) is 0 Å². The number of nitrogens with one attached hydrogen (secondary N) is 2. The Labute approximate surface area is 85.6 Å². The average molecular weight is 200 g/mol. The third kappa shape index (κ3) is 3.96. The van der Waals surface area contributed by atoms with Crippen LogP contribution in [-0.2, 0) is 4.74 Å². The summed E-state index contributed by atoms with van der Waals surface area (Å²) in [5.41, 5.74) is -0.417. The van der Waals surface area contributed by atoms with Crippen molar-refractivity contribution in [3.05, 3.63) is 7.05 Å². The number of likely N-dealkylation sites (tertiary alicyclic amines) is 1. The summed E-state index contributed by atoms with van der Waals surface area (Å²) < 4.78 is 5.16. The summed E-state index contributed by atoms with van der Waals surface area (Å²) in [6, 6.07) is 0.220. The molecule has 0 radical (unpaired) electrons. The minimum Gasteiger partial charge on any atom is -0.466 e. The molecule has 0 aromatic rings. The lowest BCUT2D eigenvalue weighted by molar-refractivity contribution is -0.840. The second-order valence-electron chi connectivity index (χ2n) is 4.84. The van der Waals surface area contributed by atoms with Gasteiger partial charge in [0, 0.05) is 6.42 Å². The van der Waals surface area contributed by atoms with Crippen LogP contribution in [0.4, 0.5) is 4.79 Å². The Balaban J connectivity index is 2.27. The van der Waals surface area contributed by atoms with Crippen LogP contribution in [0.15, 0.2) is 0 Å². The SMILES string of the molecule is [CH2-][NH+]1CC[C@@H](NC(=O)OC(C)(C)C)C1. The van der Waals surface area contributed by atoms with Gasteiger partial charge in [-0.15, -0.1) is 0 Å². The zero-order valence-corrected chi connectivity index (χ0v) is 9.22. The van der Waals surface area contributed by atoms with E-state index in [0.717, 1.165) is 19.5 Å². The third-order valence-electron chi connectivity index (χ3n) is 2.10. The first kappa shape index (κ1) is 11.3. The van der Waals surface area contributed by atoms with Gasteiger partial charge in [0.1, 0.15) is 5.60 Å². The van der Waals surface area contributed by atoms with Gasteiger partial charge in [-0.25, -0.2) is 4.79 Å². The molecule has 1 saturated heterocycles. The van der Waals surface area contributed by atoms with Crippen LogP contribution in [0, 0.1) is 7.05 Å². The Morgan fingerprint density at radius 3 is 2.64 bits per heavy atom. The van der Waals surface area contributed by atoms with Crippen LogP contribution in [0.2, 0.25) is 0 Å². The van der Waals surface area contributed by atoms with E-state index in [1.807, 2.05) is 20.8 Å². The monoisotopic (exact) mass is 200 g/mol. The number of ether oxygens (including phenoxy) is 1. The Kier molecular flexibility index (Phi) is 3.37. The number of hydrogen-bond donors (Lipinski definition) is 2. The fourth-order valence-corrected chi connectivity index (χ4v) is 1.53. The first-order valence-corrected chi connectivity index (χ1v) is 5.03. The molecule has 1 fully saturated rings. The van der Waals surface area contributed by atoms with Crippen LogP contribution in [-0.4, -0.2) is 30.8 Å². The van der Waals surface area contributed by atoms with Gasteiger partial charge in [0.2, 0.25) is 0 Å². The zero-order valence-electron chi connectivity index (χ0n) is 9.22. The predicted molar refractivity (Wildman–Crippen MR) is 53.8 cm³/mol. The van der Waals surface area contributed by atoms with Crippen LogP contribution in [0.5, 0.6) is 0 Å². The number of carbonyl (C=O) groups excluding carboxylic acids is 1. The number of alkyl carbamates (subject to hydrolysis) is 1. The van der Waals surface area contributed by atoms with Gasteiger partial charge in [-0.1, -0.05) is 0 Å². The van der Waals surface area contributed by atoms with E-state index in [1.54, 1.807) is 0 Å². The molecule has 1 aliphatic heterocycles. The molecule has 4 nitrogen and oxygen atoms in total. The molecular formula is C10H20N2O2. The zero-order chi connectivity index (χ0) is 10.8. The minimum absolute atomic E-state index is 0.220. The summed E-state index contributed by atoms with van der Waals surface area (Å²) in [5, 5.41) is 2.84. The van der Waals surface area contributed by atoms with E-state index in [1.165, 1.54) is 4.90 Å². The van der Waals surface area contributed by atoms with Gasteiger partial charge in [-0.2, -0.15) is 7.05 Å². The topological polar surface area (TPSA) is 42.8 Å². The van der Waals surface area contributed by atoms with E-state index >= 15 is 0 Å². The highest BCUT2D eigenvalue weighted by molar-refractivity contribution is 5.68. The van der Waals surface area contributed by atoms with Crippen LogP contribution in [0.25, 0.3) is 0 Å². The molecule has 0 aromatic carbocycles. The van der Waals surface area contributed by atoms with E-state index in [2.05, 4.69) is 12.4 Å². The average Bonchev–Trinajstić information content (AvgIpc) is 2.30. The summed E-state index contributed by atoms with van der Waals surface area (Å²) in [6.07, 6.45) is 0.662. The lowest BCUT2D eigenvalue weighted by Gasteiger charge is -2.21. The molecule has 82 valence electrons. The molecule has 1 aliphatic rings.